The molecule has 110 valence electrons. The number of carbonyl (C=O) groups excluding carboxylic acids is 2. The van der Waals surface area contributed by atoms with Crippen LogP contribution in [0, 0.1) is 0 Å². The molecule has 20 heavy (non-hydrogen) atoms. The van der Waals surface area contributed by atoms with Crippen LogP contribution < -0.4 is 10.6 Å². The average Bonchev–Trinajstić information content (AvgIpc) is 2.49. The van der Waals surface area contributed by atoms with E-state index in [1.54, 1.807) is 6.92 Å². The molecule has 3 N–H and O–H groups in total. The number of nitrogens with one attached hydrogen (secondary N) is 2. The van der Waals surface area contributed by atoms with Crippen molar-refractivity contribution in [2.75, 3.05) is 13.2 Å². The minimum Gasteiger partial charge on any atom is -0.395 e. The Bertz CT molecular complexity index is 411. The molecule has 0 aromatic heterocycles. The van der Waals surface area contributed by atoms with E-state index >= 15 is 0 Å². The number of hydrogen-bond acceptors (Lipinski definition) is 4. The number of benzene rings is 1. The highest BCUT2D eigenvalue weighted by atomic mass is 16.5. The molecule has 0 aliphatic heterocycles. The third kappa shape index (κ3) is 5.38. The average molecular weight is 280 g/mol. The smallest absolute Gasteiger partial charge is 0.245 e. The molecule has 6 nitrogen and oxygen atoms in total. The Hall–Kier alpha value is -1.92. The third-order valence-electron chi connectivity index (χ3n) is 2.77. The molecule has 1 aromatic rings. The second kappa shape index (κ2) is 9.06. The van der Waals surface area contributed by atoms with E-state index in [0.717, 1.165) is 5.56 Å². The summed E-state index contributed by atoms with van der Waals surface area (Å²) in [6.07, 6.45) is -0.0231. The molecule has 0 aliphatic rings. The first-order valence-electron chi connectivity index (χ1n) is 6.42. The zero-order valence-corrected chi connectivity index (χ0v) is 11.4. The van der Waals surface area contributed by atoms with Gasteiger partial charge in [0.2, 0.25) is 12.3 Å². The van der Waals surface area contributed by atoms with E-state index < -0.39 is 12.1 Å². The summed E-state index contributed by atoms with van der Waals surface area (Å²) in [5.74, 6) is -0.383. The number of rotatable bonds is 9. The lowest BCUT2D eigenvalue weighted by Gasteiger charge is -2.22. The predicted molar refractivity (Wildman–Crippen MR) is 73.8 cm³/mol. The molecule has 0 saturated heterocycles. The van der Waals surface area contributed by atoms with Crippen LogP contribution in [0.1, 0.15) is 12.5 Å². The molecule has 0 saturated carbocycles. The van der Waals surface area contributed by atoms with Crippen molar-refractivity contribution < 1.29 is 19.4 Å². The van der Waals surface area contributed by atoms with Crippen molar-refractivity contribution in [1.82, 2.24) is 10.6 Å². The van der Waals surface area contributed by atoms with Gasteiger partial charge in [-0.1, -0.05) is 30.3 Å². The van der Waals surface area contributed by atoms with Crippen molar-refractivity contribution in [3.8, 4) is 0 Å². The van der Waals surface area contributed by atoms with Gasteiger partial charge in [-0.25, -0.2) is 0 Å². The third-order valence-corrected chi connectivity index (χ3v) is 2.77. The van der Waals surface area contributed by atoms with Crippen LogP contribution in [-0.2, 0) is 20.9 Å². The van der Waals surface area contributed by atoms with Gasteiger partial charge in [-0.15, -0.1) is 0 Å². The molecule has 0 fully saturated rings. The van der Waals surface area contributed by atoms with Crippen LogP contribution in [0.25, 0.3) is 0 Å². The van der Waals surface area contributed by atoms with Gasteiger partial charge in [-0.3, -0.25) is 9.59 Å². The first-order valence-corrected chi connectivity index (χ1v) is 6.42. The van der Waals surface area contributed by atoms with E-state index in [4.69, 9.17) is 9.84 Å². The lowest BCUT2D eigenvalue weighted by atomic mass is 10.1. The Morgan fingerprint density at radius 2 is 2.10 bits per heavy atom. The largest absolute Gasteiger partial charge is 0.395 e. The van der Waals surface area contributed by atoms with Crippen LogP contribution in [0.3, 0.4) is 0 Å². The van der Waals surface area contributed by atoms with Crippen LogP contribution in [0.4, 0.5) is 0 Å². The van der Waals surface area contributed by atoms with Gasteiger partial charge in [0.05, 0.1) is 19.3 Å². The lowest BCUT2D eigenvalue weighted by molar-refractivity contribution is -0.129. The van der Waals surface area contributed by atoms with Crippen molar-refractivity contribution >= 4 is 12.3 Å². The van der Waals surface area contributed by atoms with Gasteiger partial charge in [0.15, 0.2) is 0 Å². The van der Waals surface area contributed by atoms with Crippen LogP contribution in [0.5, 0.6) is 0 Å². The van der Waals surface area contributed by atoms with E-state index in [-0.39, 0.29) is 19.1 Å². The molecule has 2 amide bonds. The Labute approximate surface area is 118 Å². The molecular weight excluding hydrogens is 260 g/mol. The first-order chi connectivity index (χ1) is 9.69. The van der Waals surface area contributed by atoms with Crippen molar-refractivity contribution in [2.24, 2.45) is 0 Å². The number of ether oxygens (including phenoxy) is 1. The molecule has 0 heterocycles. The molecule has 2 atom stereocenters. The molecule has 0 radical (unpaired) electrons. The molecule has 6 heteroatoms. The van der Waals surface area contributed by atoms with Gasteiger partial charge >= 0.3 is 0 Å². The fourth-order valence-electron chi connectivity index (χ4n) is 1.68. The number of aliphatic hydroxyl groups excluding tert-OH is 1. The van der Waals surface area contributed by atoms with Crippen LogP contribution in [0.2, 0.25) is 0 Å². The minimum absolute atomic E-state index is 0.140. The number of carbonyl (C=O) groups is 2. The second-order valence-electron chi connectivity index (χ2n) is 4.28. The monoisotopic (exact) mass is 280 g/mol. The fourth-order valence-corrected chi connectivity index (χ4v) is 1.68. The van der Waals surface area contributed by atoms with E-state index in [1.807, 2.05) is 30.3 Å². The summed E-state index contributed by atoms with van der Waals surface area (Å²) in [5.41, 5.74) is 0.986. The summed E-state index contributed by atoms with van der Waals surface area (Å²) in [5, 5.41) is 13.6. The van der Waals surface area contributed by atoms with Gasteiger partial charge in [-0.05, 0) is 12.5 Å². The van der Waals surface area contributed by atoms with Gasteiger partial charge in [-0.2, -0.15) is 0 Å². The Balaban J connectivity index is 2.52. The number of hydrogen-bond donors (Lipinski definition) is 3. The fraction of sp³-hybridized carbons (Fsp3) is 0.429. The molecule has 0 spiro atoms. The normalized spacial score (nSPS) is 13.3. The number of amides is 2. The molecule has 1 aromatic carbocycles. The zero-order valence-electron chi connectivity index (χ0n) is 11.4. The molecule has 1 rings (SSSR count). The van der Waals surface area contributed by atoms with Crippen LogP contribution in [0.15, 0.2) is 30.3 Å². The lowest BCUT2D eigenvalue weighted by Crippen LogP contribution is -2.51. The summed E-state index contributed by atoms with van der Waals surface area (Å²) in [6.45, 7) is 2.05. The topological polar surface area (TPSA) is 87.7 Å². The van der Waals surface area contributed by atoms with Crippen molar-refractivity contribution in [3.63, 3.8) is 0 Å². The quantitative estimate of drug-likeness (QED) is 0.547. The summed E-state index contributed by atoms with van der Waals surface area (Å²) >= 11 is 0. The van der Waals surface area contributed by atoms with E-state index in [1.165, 1.54) is 0 Å². The first kappa shape index (κ1) is 16.1. The summed E-state index contributed by atoms with van der Waals surface area (Å²) < 4.78 is 5.60. The van der Waals surface area contributed by atoms with Gasteiger partial charge in [0.1, 0.15) is 6.04 Å². The molecule has 2 unspecified atom stereocenters. The zero-order chi connectivity index (χ0) is 14.8. The maximum Gasteiger partial charge on any atom is 0.245 e. The molecule has 0 aliphatic carbocycles. The van der Waals surface area contributed by atoms with Gasteiger partial charge in [0, 0.05) is 6.54 Å². The predicted octanol–water partition coefficient (Wildman–Crippen LogP) is -0.185. The van der Waals surface area contributed by atoms with E-state index in [9.17, 15) is 9.59 Å². The Morgan fingerprint density at radius 1 is 1.40 bits per heavy atom. The van der Waals surface area contributed by atoms with E-state index in [2.05, 4.69) is 10.6 Å². The highest BCUT2D eigenvalue weighted by Crippen LogP contribution is 2.06. The van der Waals surface area contributed by atoms with Gasteiger partial charge < -0.3 is 20.5 Å². The maximum atomic E-state index is 11.8. The second-order valence-corrected chi connectivity index (χ2v) is 4.28. The van der Waals surface area contributed by atoms with E-state index in [0.29, 0.717) is 13.0 Å². The van der Waals surface area contributed by atoms with Crippen molar-refractivity contribution in [3.05, 3.63) is 35.9 Å². The number of aliphatic hydroxyl groups is 1. The highest BCUT2D eigenvalue weighted by Gasteiger charge is 2.24. The Kier molecular flexibility index (Phi) is 7.31. The van der Waals surface area contributed by atoms with Gasteiger partial charge in [0.25, 0.3) is 0 Å². The summed E-state index contributed by atoms with van der Waals surface area (Å²) in [7, 11) is 0. The SMILES string of the molecule is CC(OCc1ccccc1)C(NC=O)C(=O)NCCO. The highest BCUT2D eigenvalue weighted by molar-refractivity contribution is 5.84. The molecule has 0 bridgehead atoms. The summed E-state index contributed by atoms with van der Waals surface area (Å²) in [4.78, 5) is 22.4. The van der Waals surface area contributed by atoms with Crippen LogP contribution >= 0.6 is 0 Å². The maximum absolute atomic E-state index is 11.8. The molecular formula is C14H20N2O4. The summed E-state index contributed by atoms with van der Waals surface area (Å²) in [6, 6.07) is 8.76. The van der Waals surface area contributed by atoms with Crippen LogP contribution in [-0.4, -0.2) is 42.7 Å². The standard InChI is InChI=1S/C14H20N2O4/c1-11(20-9-12-5-3-2-4-6-12)13(16-10-18)14(19)15-7-8-17/h2-6,10-11,13,17H,7-9H2,1H3,(H,15,19)(H,16,18). The van der Waals surface area contributed by atoms with Crippen molar-refractivity contribution in [1.29, 1.82) is 0 Å². The minimum atomic E-state index is -0.789. The van der Waals surface area contributed by atoms with Crippen molar-refractivity contribution in [2.45, 2.75) is 25.7 Å². The Morgan fingerprint density at radius 3 is 2.70 bits per heavy atom.